The Morgan fingerprint density at radius 3 is 2.00 bits per heavy atom. The van der Waals surface area contributed by atoms with Crippen molar-refractivity contribution in [2.75, 3.05) is 6.61 Å². The van der Waals surface area contributed by atoms with Crippen LogP contribution in [-0.4, -0.2) is 40.4 Å². The zero-order chi connectivity index (χ0) is 9.28. The van der Waals surface area contributed by atoms with E-state index in [0.29, 0.717) is 6.29 Å². The predicted molar refractivity (Wildman–Crippen MR) is 32.0 cm³/mol. The Bertz CT molecular complexity index is 90.6. The van der Waals surface area contributed by atoms with Crippen molar-refractivity contribution in [3.63, 3.8) is 0 Å². The van der Waals surface area contributed by atoms with Crippen molar-refractivity contribution < 1.29 is 29.3 Å². The standard InChI is InChI=1S/C5H10O4.F2/c6-2-1-4(8)5(9)3-7;1-2/h2,4-5,7-9H,1,3H2;. The summed E-state index contributed by atoms with van der Waals surface area (Å²) in [5.41, 5.74) is 0. The summed E-state index contributed by atoms with van der Waals surface area (Å²) in [5.74, 6) is 0. The van der Waals surface area contributed by atoms with Gasteiger partial charge in [0.1, 0.15) is 12.4 Å². The van der Waals surface area contributed by atoms with E-state index in [1.165, 1.54) is 0 Å². The molecular weight excluding hydrogens is 162 g/mol. The first-order valence-electron chi connectivity index (χ1n) is 2.77. The van der Waals surface area contributed by atoms with Gasteiger partial charge < -0.3 is 20.1 Å². The Kier molecular flexibility index (Phi) is 11.1. The molecule has 0 aliphatic rings. The topological polar surface area (TPSA) is 77.8 Å². The number of hydrogen-bond acceptors (Lipinski definition) is 4. The molecule has 0 saturated carbocycles. The third-order valence-corrected chi connectivity index (χ3v) is 0.969. The van der Waals surface area contributed by atoms with Crippen molar-refractivity contribution in [1.29, 1.82) is 0 Å². The monoisotopic (exact) mass is 172 g/mol. The van der Waals surface area contributed by atoms with E-state index in [1.807, 2.05) is 0 Å². The maximum Gasteiger partial charge on any atom is 0.122 e. The van der Waals surface area contributed by atoms with Crippen LogP contribution in [0.4, 0.5) is 9.15 Å². The van der Waals surface area contributed by atoms with Crippen LogP contribution in [0.15, 0.2) is 0 Å². The van der Waals surface area contributed by atoms with E-state index in [4.69, 9.17) is 24.5 Å². The smallest absolute Gasteiger partial charge is 0.122 e. The van der Waals surface area contributed by atoms with Crippen LogP contribution >= 0.6 is 0 Å². The van der Waals surface area contributed by atoms with E-state index in [2.05, 4.69) is 0 Å². The summed E-state index contributed by atoms with van der Waals surface area (Å²) in [4.78, 5) is 9.68. The van der Waals surface area contributed by atoms with E-state index in [9.17, 15) is 4.79 Å². The lowest BCUT2D eigenvalue weighted by atomic mass is 10.2. The second kappa shape index (κ2) is 9.41. The highest BCUT2D eigenvalue weighted by atomic mass is 20.0. The molecule has 11 heavy (non-hydrogen) atoms. The van der Waals surface area contributed by atoms with Gasteiger partial charge in [-0.05, 0) is 0 Å². The van der Waals surface area contributed by atoms with Crippen LogP contribution in [0.5, 0.6) is 0 Å². The van der Waals surface area contributed by atoms with Crippen molar-refractivity contribution in [1.82, 2.24) is 0 Å². The van der Waals surface area contributed by atoms with Gasteiger partial charge in [-0.2, -0.15) is 0 Å². The molecule has 4 nitrogen and oxygen atoms in total. The Morgan fingerprint density at radius 1 is 1.27 bits per heavy atom. The van der Waals surface area contributed by atoms with Crippen LogP contribution in [0.2, 0.25) is 0 Å². The maximum absolute atomic E-state index is 9.68. The Balaban J connectivity index is 0. The highest BCUT2D eigenvalue weighted by molar-refractivity contribution is 5.50. The van der Waals surface area contributed by atoms with Gasteiger partial charge >= 0.3 is 0 Å². The lowest BCUT2D eigenvalue weighted by Gasteiger charge is -2.11. The van der Waals surface area contributed by atoms with E-state index < -0.39 is 18.8 Å². The number of aldehydes is 1. The van der Waals surface area contributed by atoms with E-state index in [0.717, 1.165) is 0 Å². The number of aliphatic hydroxyl groups is 3. The molecule has 0 aromatic heterocycles. The summed E-state index contributed by atoms with van der Waals surface area (Å²) >= 11 is 0. The lowest BCUT2D eigenvalue weighted by Crippen LogP contribution is -2.29. The Labute approximate surface area is 61.9 Å². The molecule has 3 N–H and O–H groups in total. The van der Waals surface area contributed by atoms with Gasteiger partial charge in [-0.25, -0.2) is 0 Å². The molecule has 0 aromatic rings. The summed E-state index contributed by atoms with van der Waals surface area (Å²) in [6, 6.07) is 0. The predicted octanol–water partition coefficient (Wildman–Crippen LogP) is -0.870. The average molecular weight is 172 g/mol. The Hall–Kier alpha value is -0.590. The molecule has 0 spiro atoms. The third kappa shape index (κ3) is 7.31. The number of aliphatic hydroxyl groups excluding tert-OH is 3. The minimum absolute atomic E-state index is 0.137. The van der Waals surface area contributed by atoms with Crippen molar-refractivity contribution in [3.05, 3.63) is 0 Å². The third-order valence-electron chi connectivity index (χ3n) is 0.969. The van der Waals surface area contributed by atoms with Crippen LogP contribution < -0.4 is 0 Å². The molecule has 0 radical (unpaired) electrons. The zero-order valence-corrected chi connectivity index (χ0v) is 5.65. The minimum atomic E-state index is -1.20. The maximum atomic E-state index is 9.68. The molecule has 0 fully saturated rings. The van der Waals surface area contributed by atoms with Crippen molar-refractivity contribution in [2.24, 2.45) is 0 Å². The number of halogens is 2. The molecule has 0 saturated heterocycles. The first kappa shape index (κ1) is 13.0. The number of carbonyl (C=O) groups excluding carboxylic acids is 1. The molecule has 0 rings (SSSR count). The number of carbonyl (C=O) groups is 1. The summed E-state index contributed by atoms with van der Waals surface area (Å²) < 4.78 is 16.0. The van der Waals surface area contributed by atoms with E-state index >= 15 is 0 Å². The largest absolute Gasteiger partial charge is 0.394 e. The molecule has 0 heterocycles. The van der Waals surface area contributed by atoms with Gasteiger partial charge in [0.15, 0.2) is 0 Å². The summed E-state index contributed by atoms with van der Waals surface area (Å²) in [6.45, 7) is -0.519. The van der Waals surface area contributed by atoms with Gasteiger partial charge in [-0.15, -0.1) is 0 Å². The van der Waals surface area contributed by atoms with Crippen molar-refractivity contribution in [2.45, 2.75) is 18.6 Å². The molecule has 0 aromatic carbocycles. The first-order chi connectivity index (χ1) is 5.22. The zero-order valence-electron chi connectivity index (χ0n) is 5.65. The second-order valence-corrected chi connectivity index (χ2v) is 1.72. The second-order valence-electron chi connectivity index (χ2n) is 1.72. The van der Waals surface area contributed by atoms with Gasteiger partial charge in [-0.3, -0.25) is 0 Å². The molecule has 0 amide bonds. The Morgan fingerprint density at radius 2 is 1.73 bits per heavy atom. The fraction of sp³-hybridized carbons (Fsp3) is 0.800. The average Bonchev–Trinajstić information content (AvgIpc) is 2.07. The van der Waals surface area contributed by atoms with E-state index in [1.54, 1.807) is 0 Å². The molecular formula is C5H10F2O4. The number of hydrogen-bond donors (Lipinski definition) is 3. The van der Waals surface area contributed by atoms with Crippen LogP contribution in [0.3, 0.4) is 0 Å². The molecule has 0 bridgehead atoms. The molecule has 68 valence electrons. The molecule has 2 unspecified atom stereocenters. The highest BCUT2D eigenvalue weighted by Crippen LogP contribution is 1.94. The molecule has 6 heteroatoms. The lowest BCUT2D eigenvalue weighted by molar-refractivity contribution is -0.111. The van der Waals surface area contributed by atoms with Crippen molar-refractivity contribution >= 4 is 6.29 Å². The number of rotatable bonds is 4. The van der Waals surface area contributed by atoms with Gasteiger partial charge in [0.2, 0.25) is 0 Å². The molecule has 0 aliphatic heterocycles. The van der Waals surface area contributed by atoms with Gasteiger partial charge in [-0.1, -0.05) is 0 Å². The van der Waals surface area contributed by atoms with Gasteiger partial charge in [0.25, 0.3) is 0 Å². The minimum Gasteiger partial charge on any atom is -0.394 e. The molecule has 0 aliphatic carbocycles. The van der Waals surface area contributed by atoms with Crippen LogP contribution in [0, 0.1) is 0 Å². The summed E-state index contributed by atoms with van der Waals surface area (Å²) in [7, 11) is 0. The van der Waals surface area contributed by atoms with Crippen LogP contribution in [0.25, 0.3) is 0 Å². The fourth-order valence-corrected chi connectivity index (χ4v) is 0.377. The highest BCUT2D eigenvalue weighted by Gasteiger charge is 2.13. The van der Waals surface area contributed by atoms with Crippen molar-refractivity contribution in [3.8, 4) is 0 Å². The SMILES string of the molecule is FF.O=CCC(O)C(O)CO. The quantitative estimate of drug-likeness (QED) is 0.482. The van der Waals surface area contributed by atoms with Crippen LogP contribution in [-0.2, 0) is 4.79 Å². The normalized spacial score (nSPS) is 14.3. The molecule has 2 atom stereocenters. The van der Waals surface area contributed by atoms with E-state index in [-0.39, 0.29) is 6.42 Å². The van der Waals surface area contributed by atoms with Gasteiger partial charge in [0, 0.05) is 15.6 Å². The van der Waals surface area contributed by atoms with Crippen LogP contribution in [0.1, 0.15) is 6.42 Å². The fourth-order valence-electron chi connectivity index (χ4n) is 0.377. The first-order valence-corrected chi connectivity index (χ1v) is 2.77. The summed E-state index contributed by atoms with van der Waals surface area (Å²) in [6.07, 6.45) is -1.98. The summed E-state index contributed by atoms with van der Waals surface area (Å²) in [5, 5.41) is 25.5. The van der Waals surface area contributed by atoms with Gasteiger partial charge in [0.05, 0.1) is 12.7 Å².